The summed E-state index contributed by atoms with van der Waals surface area (Å²) in [4.78, 5) is 15.9. The van der Waals surface area contributed by atoms with E-state index in [1.807, 2.05) is 6.92 Å². The van der Waals surface area contributed by atoms with E-state index in [0.29, 0.717) is 28.0 Å². The highest BCUT2D eigenvalue weighted by atomic mass is 35.5. The Morgan fingerprint density at radius 1 is 1.35 bits per heavy atom. The number of carbonyl (C=O) groups is 1. The lowest BCUT2D eigenvalue weighted by Crippen LogP contribution is -2.08. The molecule has 2 aromatic rings. The third-order valence-corrected chi connectivity index (χ3v) is 3.19. The molecule has 0 aliphatic carbocycles. The maximum atomic E-state index is 11.6. The highest BCUT2D eigenvalue weighted by Crippen LogP contribution is 2.26. The highest BCUT2D eigenvalue weighted by molar-refractivity contribution is 6.31. The van der Waals surface area contributed by atoms with Crippen LogP contribution in [-0.2, 0) is 4.74 Å². The second-order valence-corrected chi connectivity index (χ2v) is 4.57. The molecule has 106 valence electrons. The summed E-state index contributed by atoms with van der Waals surface area (Å²) in [5.74, 6) is 0.424. The molecule has 2 rings (SSSR count). The van der Waals surface area contributed by atoms with Gasteiger partial charge in [-0.1, -0.05) is 11.6 Å². The molecule has 0 spiro atoms. The first-order valence-electron chi connectivity index (χ1n) is 5.84. The van der Waals surface area contributed by atoms with Crippen molar-refractivity contribution < 1.29 is 14.3 Å². The highest BCUT2D eigenvalue weighted by Gasteiger charge is 2.18. The number of methoxy groups -OCH3 is 2. The third kappa shape index (κ3) is 2.34. The number of pyridine rings is 1. The molecule has 0 aromatic carbocycles. The molecule has 0 bridgehead atoms. The smallest absolute Gasteiger partial charge is 0.341 e. The van der Waals surface area contributed by atoms with Crippen LogP contribution in [0.2, 0.25) is 5.02 Å². The lowest BCUT2D eigenvalue weighted by atomic mass is 10.2. The van der Waals surface area contributed by atoms with Crippen LogP contribution in [0, 0.1) is 13.8 Å². The van der Waals surface area contributed by atoms with Gasteiger partial charge >= 0.3 is 5.97 Å². The Balaban J connectivity index is 2.57. The Labute approximate surface area is 121 Å². The second kappa shape index (κ2) is 5.50. The summed E-state index contributed by atoms with van der Waals surface area (Å²) in [5.41, 5.74) is 1.85. The Morgan fingerprint density at radius 2 is 2.05 bits per heavy atom. The summed E-state index contributed by atoms with van der Waals surface area (Å²) >= 11 is 6.02. The van der Waals surface area contributed by atoms with E-state index in [9.17, 15) is 4.79 Å². The van der Waals surface area contributed by atoms with Gasteiger partial charge in [0.05, 0.1) is 26.1 Å². The molecule has 7 heteroatoms. The number of aryl methyl sites for hydroxylation is 1. The SMILES string of the molecule is COC(=O)c1cnn(-c2nc(OC)c(Cl)cc2C)c1C. The molecule has 0 aliphatic heterocycles. The van der Waals surface area contributed by atoms with Crippen molar-refractivity contribution in [2.24, 2.45) is 0 Å². The fourth-order valence-corrected chi connectivity index (χ4v) is 2.13. The van der Waals surface area contributed by atoms with Crippen LogP contribution in [0.5, 0.6) is 5.88 Å². The van der Waals surface area contributed by atoms with Gasteiger partial charge in [-0.3, -0.25) is 0 Å². The molecule has 2 heterocycles. The van der Waals surface area contributed by atoms with Crippen molar-refractivity contribution in [1.29, 1.82) is 0 Å². The van der Waals surface area contributed by atoms with E-state index in [0.717, 1.165) is 5.56 Å². The maximum Gasteiger partial charge on any atom is 0.341 e. The largest absolute Gasteiger partial charge is 0.480 e. The minimum atomic E-state index is -0.438. The maximum absolute atomic E-state index is 11.6. The molecule has 0 fully saturated rings. The van der Waals surface area contributed by atoms with Crippen LogP contribution in [0.3, 0.4) is 0 Å². The van der Waals surface area contributed by atoms with Gasteiger partial charge in [0.25, 0.3) is 0 Å². The van der Waals surface area contributed by atoms with Crippen molar-refractivity contribution in [2.45, 2.75) is 13.8 Å². The van der Waals surface area contributed by atoms with Gasteiger partial charge in [0.2, 0.25) is 5.88 Å². The topological polar surface area (TPSA) is 66.2 Å². The van der Waals surface area contributed by atoms with Crippen LogP contribution < -0.4 is 4.74 Å². The molecule has 0 aliphatic rings. The Bertz CT molecular complexity index is 667. The molecule has 0 amide bonds. The van der Waals surface area contributed by atoms with Crippen molar-refractivity contribution in [3.05, 3.63) is 34.1 Å². The van der Waals surface area contributed by atoms with Crippen molar-refractivity contribution >= 4 is 17.6 Å². The predicted octanol–water partition coefficient (Wildman–Crippen LogP) is 2.33. The number of carbonyl (C=O) groups excluding carboxylic acids is 1. The summed E-state index contributed by atoms with van der Waals surface area (Å²) < 4.78 is 11.4. The molecule has 2 aromatic heterocycles. The average molecular weight is 296 g/mol. The fourth-order valence-electron chi connectivity index (χ4n) is 1.85. The zero-order chi connectivity index (χ0) is 14.9. The van der Waals surface area contributed by atoms with Crippen LogP contribution in [0.1, 0.15) is 21.6 Å². The van der Waals surface area contributed by atoms with Crippen molar-refractivity contribution in [2.75, 3.05) is 14.2 Å². The van der Waals surface area contributed by atoms with E-state index in [4.69, 9.17) is 21.1 Å². The molecular formula is C13H14ClN3O3. The molecule has 0 radical (unpaired) electrons. The first kappa shape index (κ1) is 14.3. The van der Waals surface area contributed by atoms with E-state index in [1.54, 1.807) is 17.7 Å². The van der Waals surface area contributed by atoms with Crippen molar-refractivity contribution in [3.8, 4) is 11.7 Å². The molecule has 0 N–H and O–H groups in total. The lowest BCUT2D eigenvalue weighted by Gasteiger charge is -2.10. The minimum Gasteiger partial charge on any atom is -0.480 e. The van der Waals surface area contributed by atoms with Crippen LogP contribution >= 0.6 is 11.6 Å². The predicted molar refractivity (Wildman–Crippen MR) is 73.7 cm³/mol. The van der Waals surface area contributed by atoms with E-state index in [-0.39, 0.29) is 0 Å². The van der Waals surface area contributed by atoms with Crippen molar-refractivity contribution in [1.82, 2.24) is 14.8 Å². The van der Waals surface area contributed by atoms with Gasteiger partial charge in [-0.25, -0.2) is 9.48 Å². The number of hydrogen-bond acceptors (Lipinski definition) is 5. The van der Waals surface area contributed by atoms with E-state index in [1.165, 1.54) is 20.4 Å². The Morgan fingerprint density at radius 3 is 2.65 bits per heavy atom. The standard InChI is InChI=1S/C13H14ClN3O3/c1-7-5-10(14)12(19-3)16-11(7)17-8(2)9(6-15-17)13(18)20-4/h5-6H,1-4H3. The van der Waals surface area contributed by atoms with Crippen LogP contribution in [0.4, 0.5) is 0 Å². The third-order valence-electron chi connectivity index (χ3n) is 2.92. The van der Waals surface area contributed by atoms with Gasteiger partial charge in [-0.2, -0.15) is 10.1 Å². The van der Waals surface area contributed by atoms with Gasteiger partial charge < -0.3 is 9.47 Å². The first-order valence-corrected chi connectivity index (χ1v) is 6.21. The number of ether oxygens (including phenoxy) is 2. The van der Waals surface area contributed by atoms with E-state index >= 15 is 0 Å². The Hall–Kier alpha value is -2.08. The van der Waals surface area contributed by atoms with Crippen LogP contribution in [0.15, 0.2) is 12.3 Å². The average Bonchev–Trinajstić information content (AvgIpc) is 2.80. The number of nitrogens with zero attached hydrogens (tertiary/aromatic N) is 3. The molecule has 0 saturated heterocycles. The lowest BCUT2D eigenvalue weighted by molar-refractivity contribution is 0.0600. The minimum absolute atomic E-state index is 0.307. The fraction of sp³-hybridized carbons (Fsp3) is 0.308. The number of aromatic nitrogens is 3. The van der Waals surface area contributed by atoms with Gasteiger partial charge in [0, 0.05) is 0 Å². The van der Waals surface area contributed by atoms with Gasteiger partial charge in [-0.05, 0) is 25.5 Å². The molecule has 0 atom stereocenters. The first-order chi connectivity index (χ1) is 9.49. The number of halogens is 1. The Kier molecular flexibility index (Phi) is 3.94. The molecule has 0 saturated carbocycles. The number of esters is 1. The molecule has 0 unspecified atom stereocenters. The molecular weight excluding hydrogens is 282 g/mol. The normalized spacial score (nSPS) is 10.4. The van der Waals surface area contributed by atoms with E-state index < -0.39 is 5.97 Å². The summed E-state index contributed by atoms with van der Waals surface area (Å²) in [5, 5.41) is 4.60. The zero-order valence-electron chi connectivity index (χ0n) is 11.6. The van der Waals surface area contributed by atoms with Gasteiger partial charge in [0.15, 0.2) is 5.82 Å². The van der Waals surface area contributed by atoms with Crippen LogP contribution in [0.25, 0.3) is 5.82 Å². The summed E-state index contributed by atoms with van der Waals surface area (Å²) in [6.45, 7) is 3.62. The monoisotopic (exact) mass is 295 g/mol. The number of rotatable bonds is 3. The summed E-state index contributed by atoms with van der Waals surface area (Å²) in [6.07, 6.45) is 1.45. The summed E-state index contributed by atoms with van der Waals surface area (Å²) in [6, 6.07) is 1.74. The van der Waals surface area contributed by atoms with Crippen molar-refractivity contribution in [3.63, 3.8) is 0 Å². The zero-order valence-corrected chi connectivity index (χ0v) is 12.4. The van der Waals surface area contributed by atoms with E-state index in [2.05, 4.69) is 10.1 Å². The van der Waals surface area contributed by atoms with Crippen LogP contribution in [-0.4, -0.2) is 35.0 Å². The number of hydrogen-bond donors (Lipinski definition) is 0. The second-order valence-electron chi connectivity index (χ2n) is 4.17. The molecule has 20 heavy (non-hydrogen) atoms. The van der Waals surface area contributed by atoms with Gasteiger partial charge in [-0.15, -0.1) is 0 Å². The molecule has 6 nitrogen and oxygen atoms in total. The van der Waals surface area contributed by atoms with Gasteiger partial charge in [0.1, 0.15) is 10.6 Å². The quantitative estimate of drug-likeness (QED) is 0.813. The summed E-state index contributed by atoms with van der Waals surface area (Å²) in [7, 11) is 2.82.